The molecule has 2 fully saturated rings. The Morgan fingerprint density at radius 3 is 2.93 bits per heavy atom. The lowest BCUT2D eigenvalue weighted by Crippen LogP contribution is -2.48. The lowest BCUT2D eigenvalue weighted by atomic mass is 9.69. The molecule has 4 atom stereocenters. The number of nitrogens with one attached hydrogen (secondary N) is 4. The van der Waals surface area contributed by atoms with Crippen LogP contribution in [0.4, 0.5) is 10.8 Å². The molecule has 4 N–H and O–H groups in total. The third-order valence-electron chi connectivity index (χ3n) is 5.82. The lowest BCUT2D eigenvalue weighted by Gasteiger charge is -2.41. The van der Waals surface area contributed by atoms with Crippen molar-refractivity contribution in [2.45, 2.75) is 45.7 Å². The molecule has 1 aromatic carbocycles. The zero-order chi connectivity index (χ0) is 19.7. The maximum atomic E-state index is 11.3. The second kappa shape index (κ2) is 8.14. The summed E-state index contributed by atoms with van der Waals surface area (Å²) >= 11 is 1.57. The third kappa shape index (κ3) is 4.04. The Morgan fingerprint density at radius 1 is 1.29 bits per heavy atom. The van der Waals surface area contributed by atoms with Gasteiger partial charge < -0.3 is 10.6 Å². The maximum absolute atomic E-state index is 11.3. The Kier molecular flexibility index (Phi) is 5.61. The first kappa shape index (κ1) is 19.3. The number of amides is 1. The van der Waals surface area contributed by atoms with Gasteiger partial charge in [0, 0.05) is 36.8 Å². The summed E-state index contributed by atoms with van der Waals surface area (Å²) in [5.41, 5.74) is 8.52. The number of anilines is 2. The van der Waals surface area contributed by atoms with Gasteiger partial charge in [0.05, 0.1) is 0 Å². The van der Waals surface area contributed by atoms with Crippen molar-refractivity contribution >= 4 is 28.1 Å². The highest BCUT2D eigenvalue weighted by Gasteiger charge is 2.43. The summed E-state index contributed by atoms with van der Waals surface area (Å²) in [6, 6.07) is 8.71. The predicted octanol–water partition coefficient (Wildman–Crippen LogP) is 3.10. The Hall–Kier alpha value is -2.03. The van der Waals surface area contributed by atoms with Crippen LogP contribution in [0.15, 0.2) is 24.3 Å². The summed E-state index contributed by atoms with van der Waals surface area (Å²) in [6.07, 6.45) is 2.30. The van der Waals surface area contributed by atoms with Gasteiger partial charge in [-0.2, -0.15) is 0 Å². The topological polar surface area (TPSA) is 91.0 Å². The van der Waals surface area contributed by atoms with E-state index in [-0.39, 0.29) is 5.91 Å². The first-order valence-electron chi connectivity index (χ1n) is 9.97. The Balaban J connectivity index is 1.49. The summed E-state index contributed by atoms with van der Waals surface area (Å²) in [6.45, 7) is 7.18. The summed E-state index contributed by atoms with van der Waals surface area (Å²) in [5, 5.41) is 17.0. The highest BCUT2D eigenvalue weighted by atomic mass is 32.1. The van der Waals surface area contributed by atoms with Crippen molar-refractivity contribution in [3.05, 3.63) is 24.3 Å². The molecule has 8 heteroatoms. The number of hydrogen-bond acceptors (Lipinski definition) is 7. The van der Waals surface area contributed by atoms with Gasteiger partial charge in [0.1, 0.15) is 5.01 Å². The first-order chi connectivity index (χ1) is 13.5. The van der Waals surface area contributed by atoms with E-state index in [2.05, 4.69) is 45.5 Å². The average molecular weight is 401 g/mol. The normalized spacial score (nSPS) is 26.9. The van der Waals surface area contributed by atoms with Crippen LogP contribution >= 0.6 is 11.3 Å². The quantitative estimate of drug-likeness (QED) is 0.617. The van der Waals surface area contributed by atoms with Crippen molar-refractivity contribution in [2.75, 3.05) is 17.2 Å². The number of hydrogen-bond donors (Lipinski definition) is 4. The zero-order valence-electron chi connectivity index (χ0n) is 16.5. The number of carbonyl (C=O) groups excluding carboxylic acids is 1. The van der Waals surface area contributed by atoms with Crippen molar-refractivity contribution in [1.82, 2.24) is 21.0 Å². The summed E-state index contributed by atoms with van der Waals surface area (Å²) in [5.74, 6) is 1.77. The Bertz CT molecular complexity index is 838. The fraction of sp³-hybridized carbons (Fsp3) is 0.550. The van der Waals surface area contributed by atoms with Gasteiger partial charge in [0.25, 0.3) is 0 Å². The first-order valence-corrected chi connectivity index (χ1v) is 10.8. The van der Waals surface area contributed by atoms with Gasteiger partial charge >= 0.3 is 0 Å². The minimum absolute atomic E-state index is 0.0806. The average Bonchev–Trinajstić information content (AvgIpc) is 3.30. The molecule has 4 rings (SSSR count). The largest absolute Gasteiger partial charge is 0.357 e. The van der Waals surface area contributed by atoms with Gasteiger partial charge in [0.2, 0.25) is 11.0 Å². The molecule has 1 aliphatic heterocycles. The van der Waals surface area contributed by atoms with E-state index in [1.54, 1.807) is 11.3 Å². The molecule has 1 aromatic heterocycles. The smallest absolute Gasteiger partial charge is 0.221 e. The molecule has 1 saturated carbocycles. The van der Waals surface area contributed by atoms with E-state index in [0.717, 1.165) is 34.4 Å². The Labute approximate surface area is 169 Å². The van der Waals surface area contributed by atoms with Gasteiger partial charge in [-0.15, -0.1) is 10.2 Å². The van der Waals surface area contributed by atoms with Gasteiger partial charge in [-0.25, -0.2) is 0 Å². The molecule has 0 radical (unpaired) electrons. The number of hydrazine groups is 1. The number of fused-ring (bicyclic) bond motifs is 1. The van der Waals surface area contributed by atoms with E-state index in [0.29, 0.717) is 29.8 Å². The highest BCUT2D eigenvalue weighted by Crippen LogP contribution is 2.39. The molecule has 1 aliphatic carbocycles. The van der Waals surface area contributed by atoms with Gasteiger partial charge in [-0.3, -0.25) is 15.6 Å². The number of nitrogens with zero attached hydrogens (tertiary/aromatic N) is 2. The van der Waals surface area contributed by atoms with E-state index in [9.17, 15) is 4.79 Å². The number of carbonyl (C=O) groups is 1. The molecule has 2 aliphatic rings. The van der Waals surface area contributed by atoms with Gasteiger partial charge in [-0.05, 0) is 42.7 Å². The maximum Gasteiger partial charge on any atom is 0.221 e. The van der Waals surface area contributed by atoms with Crippen LogP contribution < -0.4 is 21.5 Å². The van der Waals surface area contributed by atoms with Crippen LogP contribution in [0.5, 0.6) is 0 Å². The van der Waals surface area contributed by atoms with E-state index in [4.69, 9.17) is 0 Å². The monoisotopic (exact) mass is 400 g/mol. The SMILES string of the molecule is CC(=O)Nc1cccc(-c2nnc(NC3CCC4NNCC4C3C(C)C)s2)c1. The van der Waals surface area contributed by atoms with E-state index < -0.39 is 0 Å². The molecule has 7 nitrogen and oxygen atoms in total. The number of benzene rings is 1. The molecule has 2 aromatic rings. The van der Waals surface area contributed by atoms with Crippen molar-refractivity contribution in [3.8, 4) is 10.6 Å². The molecule has 0 spiro atoms. The second-order valence-electron chi connectivity index (χ2n) is 8.12. The number of aromatic nitrogens is 2. The standard InChI is InChI=1S/C20H28N6OS/c1-11(2)18-15-10-21-24-16(15)7-8-17(18)23-20-26-25-19(28-20)13-5-4-6-14(9-13)22-12(3)27/h4-6,9,11,15-18,21,24H,7-8,10H2,1-3H3,(H,22,27)(H,23,26). The van der Waals surface area contributed by atoms with E-state index in [1.807, 2.05) is 24.3 Å². The molecular weight excluding hydrogens is 372 g/mol. The van der Waals surface area contributed by atoms with Crippen molar-refractivity contribution < 1.29 is 4.79 Å². The van der Waals surface area contributed by atoms with Gasteiger partial charge in [0.15, 0.2) is 0 Å². The minimum atomic E-state index is -0.0806. The fourth-order valence-corrected chi connectivity index (χ4v) is 5.52. The zero-order valence-corrected chi connectivity index (χ0v) is 17.3. The van der Waals surface area contributed by atoms with Crippen LogP contribution in [0.25, 0.3) is 10.6 Å². The van der Waals surface area contributed by atoms with Crippen LogP contribution in [0.3, 0.4) is 0 Å². The molecular formula is C20H28N6OS. The second-order valence-corrected chi connectivity index (χ2v) is 9.10. The number of rotatable bonds is 5. The van der Waals surface area contributed by atoms with Crippen LogP contribution in [-0.4, -0.2) is 34.7 Å². The lowest BCUT2D eigenvalue weighted by molar-refractivity contribution is -0.114. The summed E-state index contributed by atoms with van der Waals surface area (Å²) in [4.78, 5) is 11.3. The molecule has 28 heavy (non-hydrogen) atoms. The minimum Gasteiger partial charge on any atom is -0.357 e. The van der Waals surface area contributed by atoms with Crippen molar-refractivity contribution in [2.24, 2.45) is 17.8 Å². The van der Waals surface area contributed by atoms with Crippen LogP contribution in [0.2, 0.25) is 0 Å². The van der Waals surface area contributed by atoms with Crippen LogP contribution in [0, 0.1) is 17.8 Å². The van der Waals surface area contributed by atoms with Crippen molar-refractivity contribution in [1.29, 1.82) is 0 Å². The molecule has 0 bridgehead atoms. The summed E-state index contributed by atoms with van der Waals surface area (Å²) in [7, 11) is 0. The van der Waals surface area contributed by atoms with E-state index >= 15 is 0 Å². The highest BCUT2D eigenvalue weighted by molar-refractivity contribution is 7.18. The van der Waals surface area contributed by atoms with Crippen LogP contribution in [0.1, 0.15) is 33.6 Å². The Morgan fingerprint density at radius 2 is 2.14 bits per heavy atom. The predicted molar refractivity (Wildman–Crippen MR) is 113 cm³/mol. The van der Waals surface area contributed by atoms with Crippen LogP contribution in [-0.2, 0) is 4.79 Å². The third-order valence-corrected chi connectivity index (χ3v) is 6.73. The molecule has 1 amide bonds. The molecule has 2 heterocycles. The molecule has 150 valence electrons. The fourth-order valence-electron chi connectivity index (χ4n) is 4.72. The van der Waals surface area contributed by atoms with Gasteiger partial charge in [-0.1, -0.05) is 37.3 Å². The van der Waals surface area contributed by atoms with E-state index in [1.165, 1.54) is 13.3 Å². The molecule has 1 saturated heterocycles. The summed E-state index contributed by atoms with van der Waals surface area (Å²) < 4.78 is 0. The molecule has 4 unspecified atom stereocenters. The van der Waals surface area contributed by atoms with Crippen molar-refractivity contribution in [3.63, 3.8) is 0 Å².